The molecule has 8 nitrogen and oxygen atoms in total. The minimum Gasteiger partial charge on any atom is -0.354 e. The van der Waals surface area contributed by atoms with E-state index in [4.69, 9.17) is 0 Å². The third-order valence-electron chi connectivity index (χ3n) is 4.66. The molecule has 2 aromatic heterocycles. The fourth-order valence-electron chi connectivity index (χ4n) is 3.17. The Labute approximate surface area is 153 Å². The molecule has 1 aliphatic heterocycles. The Balaban J connectivity index is 1.95. The van der Waals surface area contributed by atoms with Crippen molar-refractivity contribution in [2.24, 2.45) is 14.1 Å². The predicted molar refractivity (Wildman–Crippen MR) is 97.6 cm³/mol. The van der Waals surface area contributed by atoms with E-state index in [2.05, 4.69) is 5.32 Å². The van der Waals surface area contributed by atoms with Crippen molar-refractivity contribution in [3.63, 3.8) is 0 Å². The van der Waals surface area contributed by atoms with Gasteiger partial charge in [0.05, 0.1) is 10.9 Å². The van der Waals surface area contributed by atoms with Crippen molar-refractivity contribution in [1.82, 2.24) is 19.4 Å². The molecule has 0 aliphatic carbocycles. The SMILES string of the molecule is CNC(=O)c1ccc([C@H]2CCCN2C(=O)c2cc(=O)n(C)c(=O)n2C)s1. The number of aromatic nitrogens is 2. The van der Waals surface area contributed by atoms with Crippen LogP contribution in [0.25, 0.3) is 0 Å². The summed E-state index contributed by atoms with van der Waals surface area (Å²) in [5.41, 5.74) is -0.965. The van der Waals surface area contributed by atoms with Gasteiger partial charge in [0.2, 0.25) is 0 Å². The molecule has 3 rings (SSSR count). The lowest BCUT2D eigenvalue weighted by Crippen LogP contribution is -2.42. The van der Waals surface area contributed by atoms with Gasteiger partial charge in [-0.05, 0) is 25.0 Å². The normalized spacial score (nSPS) is 16.7. The molecule has 9 heteroatoms. The topological polar surface area (TPSA) is 93.4 Å². The van der Waals surface area contributed by atoms with Crippen molar-refractivity contribution in [3.8, 4) is 0 Å². The molecule has 0 unspecified atom stereocenters. The number of carbonyl (C=O) groups excluding carboxylic acids is 2. The smallest absolute Gasteiger partial charge is 0.331 e. The second kappa shape index (κ2) is 6.91. The Morgan fingerprint density at radius 1 is 1.19 bits per heavy atom. The number of likely N-dealkylation sites (tertiary alicyclic amines) is 1. The van der Waals surface area contributed by atoms with Gasteiger partial charge < -0.3 is 10.2 Å². The van der Waals surface area contributed by atoms with Crippen LogP contribution < -0.4 is 16.6 Å². The van der Waals surface area contributed by atoms with Crippen LogP contribution in [0.2, 0.25) is 0 Å². The summed E-state index contributed by atoms with van der Waals surface area (Å²) < 4.78 is 2.16. The lowest BCUT2D eigenvalue weighted by atomic mass is 10.2. The van der Waals surface area contributed by atoms with Gasteiger partial charge in [-0.1, -0.05) is 0 Å². The molecule has 0 saturated carbocycles. The van der Waals surface area contributed by atoms with E-state index in [0.717, 1.165) is 22.3 Å². The Hall–Kier alpha value is -2.68. The Morgan fingerprint density at radius 2 is 1.92 bits per heavy atom. The molecule has 0 spiro atoms. The highest BCUT2D eigenvalue weighted by Crippen LogP contribution is 2.36. The van der Waals surface area contributed by atoms with Gasteiger partial charge in [0.15, 0.2) is 0 Å². The van der Waals surface area contributed by atoms with Crippen LogP contribution in [0, 0.1) is 0 Å². The summed E-state index contributed by atoms with van der Waals surface area (Å²) >= 11 is 1.35. The second-order valence-corrected chi connectivity index (χ2v) is 7.32. The zero-order valence-electron chi connectivity index (χ0n) is 14.8. The first kappa shape index (κ1) is 18.1. The highest BCUT2D eigenvalue weighted by molar-refractivity contribution is 7.14. The molecule has 26 heavy (non-hydrogen) atoms. The minimum absolute atomic E-state index is 0.0769. The van der Waals surface area contributed by atoms with Gasteiger partial charge in [0.25, 0.3) is 17.4 Å². The van der Waals surface area contributed by atoms with E-state index in [1.807, 2.05) is 6.07 Å². The van der Waals surface area contributed by atoms with Gasteiger partial charge in [-0.2, -0.15) is 0 Å². The monoisotopic (exact) mass is 376 g/mol. The van der Waals surface area contributed by atoms with E-state index in [1.54, 1.807) is 18.0 Å². The van der Waals surface area contributed by atoms with Crippen molar-refractivity contribution >= 4 is 23.2 Å². The lowest BCUT2D eigenvalue weighted by Gasteiger charge is -2.24. The molecule has 2 amide bonds. The summed E-state index contributed by atoms with van der Waals surface area (Å²) in [4.78, 5) is 52.0. The molecular weight excluding hydrogens is 356 g/mol. The zero-order chi connectivity index (χ0) is 19.0. The molecule has 2 aromatic rings. The minimum atomic E-state index is -0.533. The van der Waals surface area contributed by atoms with E-state index in [9.17, 15) is 19.2 Å². The molecule has 1 fully saturated rings. The molecule has 1 saturated heterocycles. The molecular formula is C17H20N4O4S. The van der Waals surface area contributed by atoms with Crippen LogP contribution >= 0.6 is 11.3 Å². The van der Waals surface area contributed by atoms with Gasteiger partial charge in [0, 0.05) is 38.6 Å². The van der Waals surface area contributed by atoms with Crippen molar-refractivity contribution in [1.29, 1.82) is 0 Å². The van der Waals surface area contributed by atoms with Crippen LogP contribution in [0.5, 0.6) is 0 Å². The molecule has 0 radical (unpaired) electrons. The van der Waals surface area contributed by atoms with E-state index in [-0.39, 0.29) is 23.6 Å². The number of rotatable bonds is 3. The van der Waals surface area contributed by atoms with Crippen molar-refractivity contribution in [3.05, 3.63) is 54.5 Å². The molecule has 1 atom stereocenters. The van der Waals surface area contributed by atoms with E-state index in [0.29, 0.717) is 11.4 Å². The highest BCUT2D eigenvalue weighted by atomic mass is 32.1. The first-order chi connectivity index (χ1) is 12.3. The Morgan fingerprint density at radius 3 is 2.62 bits per heavy atom. The fourth-order valence-corrected chi connectivity index (χ4v) is 4.27. The summed E-state index contributed by atoms with van der Waals surface area (Å²) in [5, 5.41) is 2.59. The van der Waals surface area contributed by atoms with Crippen LogP contribution in [0.4, 0.5) is 0 Å². The maximum atomic E-state index is 13.0. The molecule has 0 aromatic carbocycles. The van der Waals surface area contributed by atoms with Crippen LogP contribution in [0.3, 0.4) is 0 Å². The number of hydrogen-bond donors (Lipinski definition) is 1. The summed E-state index contributed by atoms with van der Waals surface area (Å²) in [6.07, 6.45) is 1.60. The van der Waals surface area contributed by atoms with Crippen LogP contribution in [0.15, 0.2) is 27.8 Å². The van der Waals surface area contributed by atoms with E-state index < -0.39 is 11.2 Å². The summed E-state index contributed by atoms with van der Waals surface area (Å²) in [6, 6.07) is 4.64. The fraction of sp³-hybridized carbons (Fsp3) is 0.412. The average molecular weight is 376 g/mol. The lowest BCUT2D eigenvalue weighted by molar-refractivity contribution is 0.0725. The Bertz CT molecular complexity index is 987. The van der Waals surface area contributed by atoms with Gasteiger partial charge >= 0.3 is 5.69 Å². The number of nitrogens with one attached hydrogen (secondary N) is 1. The standard InChI is InChI=1S/C17H20N4O4S/c1-18-15(23)13-7-6-12(26-13)10-5-4-8-21(10)16(24)11-9-14(22)20(3)17(25)19(11)2/h6-7,9-10H,4-5,8H2,1-3H3,(H,18,23)/t10-/m1/s1. The van der Waals surface area contributed by atoms with Gasteiger partial charge in [-0.25, -0.2) is 4.79 Å². The quantitative estimate of drug-likeness (QED) is 0.843. The van der Waals surface area contributed by atoms with E-state index >= 15 is 0 Å². The Kier molecular flexibility index (Phi) is 4.82. The summed E-state index contributed by atoms with van der Waals surface area (Å²) in [5.74, 6) is -0.509. The maximum absolute atomic E-state index is 13.0. The molecule has 1 N–H and O–H groups in total. The van der Waals surface area contributed by atoms with E-state index in [1.165, 1.54) is 36.1 Å². The van der Waals surface area contributed by atoms with Crippen LogP contribution in [-0.2, 0) is 14.1 Å². The first-order valence-electron chi connectivity index (χ1n) is 8.25. The second-order valence-electron chi connectivity index (χ2n) is 6.21. The van der Waals surface area contributed by atoms with Gasteiger partial charge in [0.1, 0.15) is 5.69 Å². The first-order valence-corrected chi connectivity index (χ1v) is 9.06. The third kappa shape index (κ3) is 2.98. The van der Waals surface area contributed by atoms with Crippen LogP contribution in [-0.4, -0.2) is 39.4 Å². The van der Waals surface area contributed by atoms with Gasteiger partial charge in [-0.15, -0.1) is 11.3 Å². The van der Waals surface area contributed by atoms with Crippen LogP contribution in [0.1, 0.15) is 43.9 Å². The van der Waals surface area contributed by atoms with Crippen molar-refractivity contribution in [2.75, 3.05) is 13.6 Å². The molecule has 3 heterocycles. The molecule has 138 valence electrons. The molecule has 1 aliphatic rings. The maximum Gasteiger partial charge on any atom is 0.331 e. The van der Waals surface area contributed by atoms with Crippen molar-refractivity contribution in [2.45, 2.75) is 18.9 Å². The number of nitrogens with zero attached hydrogens (tertiary/aromatic N) is 3. The number of carbonyl (C=O) groups is 2. The predicted octanol–water partition coefficient (Wildman–Crippen LogP) is 0.482. The third-order valence-corrected chi connectivity index (χ3v) is 5.85. The average Bonchev–Trinajstić information content (AvgIpc) is 3.30. The largest absolute Gasteiger partial charge is 0.354 e. The molecule has 0 bridgehead atoms. The summed E-state index contributed by atoms with van der Waals surface area (Å²) in [7, 11) is 4.43. The van der Waals surface area contributed by atoms with Gasteiger partial charge in [-0.3, -0.25) is 23.5 Å². The van der Waals surface area contributed by atoms with Crippen molar-refractivity contribution < 1.29 is 9.59 Å². The zero-order valence-corrected chi connectivity index (χ0v) is 15.6. The number of hydrogen-bond acceptors (Lipinski definition) is 5. The number of amides is 2. The number of thiophene rings is 1. The highest BCUT2D eigenvalue weighted by Gasteiger charge is 2.33. The summed E-state index contributed by atoms with van der Waals surface area (Å²) in [6.45, 7) is 0.542.